The Balaban J connectivity index is 2.76. The number of carbonyl (C=O) groups is 1. The van der Waals surface area contributed by atoms with E-state index in [1.54, 1.807) is 12.1 Å². The van der Waals surface area contributed by atoms with Crippen LogP contribution in [0.5, 0.6) is 0 Å². The fourth-order valence-electron chi connectivity index (χ4n) is 1.41. The lowest BCUT2D eigenvalue weighted by atomic mass is 9.94. The molecule has 0 spiro atoms. The molecule has 1 saturated heterocycles. The van der Waals surface area contributed by atoms with Crippen molar-refractivity contribution in [3.05, 3.63) is 0 Å². The monoisotopic (exact) mass is 212 g/mol. The molecular formula is C8H8N2O3S. The second kappa shape index (κ2) is 3.77. The number of rotatable bonds is 2. The molecule has 1 rings (SSSR count). The number of hydrogen-bond acceptors (Lipinski definition) is 5. The van der Waals surface area contributed by atoms with Gasteiger partial charge in [0.1, 0.15) is 0 Å². The average molecular weight is 212 g/mol. The zero-order valence-electron chi connectivity index (χ0n) is 7.30. The molecule has 6 heteroatoms. The van der Waals surface area contributed by atoms with E-state index in [9.17, 15) is 13.2 Å². The molecule has 1 heterocycles. The van der Waals surface area contributed by atoms with Crippen LogP contribution >= 0.6 is 0 Å². The summed E-state index contributed by atoms with van der Waals surface area (Å²) in [5.74, 6) is -2.78. The molecule has 1 fully saturated rings. The Kier molecular flexibility index (Phi) is 2.87. The number of nitrogens with zero attached hydrogens (tertiary/aromatic N) is 2. The van der Waals surface area contributed by atoms with Crippen molar-refractivity contribution in [3.63, 3.8) is 0 Å². The molecule has 0 aromatic rings. The van der Waals surface area contributed by atoms with Gasteiger partial charge in [0.05, 0.1) is 23.6 Å². The van der Waals surface area contributed by atoms with Gasteiger partial charge in [-0.15, -0.1) is 0 Å². The van der Waals surface area contributed by atoms with Gasteiger partial charge in [-0.25, -0.2) is 8.42 Å². The van der Waals surface area contributed by atoms with Gasteiger partial charge in [0.15, 0.2) is 21.5 Å². The summed E-state index contributed by atoms with van der Waals surface area (Å²) in [6.45, 7) is 0. The quantitative estimate of drug-likeness (QED) is 0.623. The molecule has 14 heavy (non-hydrogen) atoms. The van der Waals surface area contributed by atoms with Crippen LogP contribution < -0.4 is 0 Å². The maximum absolute atomic E-state index is 11.4. The van der Waals surface area contributed by atoms with Gasteiger partial charge >= 0.3 is 0 Å². The topological polar surface area (TPSA) is 98.8 Å². The fourth-order valence-corrected chi connectivity index (χ4v) is 3.17. The van der Waals surface area contributed by atoms with Crippen LogP contribution in [0.15, 0.2) is 0 Å². The predicted octanol–water partition coefficient (Wildman–Crippen LogP) is -0.346. The summed E-state index contributed by atoms with van der Waals surface area (Å²) in [6, 6.07) is 3.10. The molecule has 0 aromatic heterocycles. The van der Waals surface area contributed by atoms with E-state index in [4.69, 9.17) is 10.5 Å². The number of hydrogen-bond donors (Lipinski definition) is 0. The Morgan fingerprint density at radius 3 is 2.29 bits per heavy atom. The molecule has 5 nitrogen and oxygen atoms in total. The van der Waals surface area contributed by atoms with Crippen LogP contribution in [0.1, 0.15) is 6.42 Å². The Morgan fingerprint density at radius 2 is 1.93 bits per heavy atom. The second-order valence-electron chi connectivity index (χ2n) is 3.19. The van der Waals surface area contributed by atoms with Crippen molar-refractivity contribution in [3.8, 4) is 12.1 Å². The highest BCUT2D eigenvalue weighted by molar-refractivity contribution is 7.91. The summed E-state index contributed by atoms with van der Waals surface area (Å²) in [5.41, 5.74) is 0. The molecule has 0 amide bonds. The number of carbonyl (C=O) groups excluding carboxylic acids is 1. The van der Waals surface area contributed by atoms with E-state index < -0.39 is 27.5 Å². The molecule has 1 aliphatic heterocycles. The minimum absolute atomic E-state index is 0.0208. The highest BCUT2D eigenvalue weighted by Gasteiger charge is 2.36. The normalized spacial score (nSPS) is 24.1. The zero-order chi connectivity index (χ0) is 10.8. The van der Waals surface area contributed by atoms with E-state index in [-0.39, 0.29) is 17.9 Å². The number of ketones is 1. The fraction of sp³-hybridized carbons (Fsp3) is 0.625. The van der Waals surface area contributed by atoms with Crippen LogP contribution in [0.25, 0.3) is 0 Å². The van der Waals surface area contributed by atoms with Crippen LogP contribution in [0, 0.1) is 34.5 Å². The molecule has 0 aliphatic carbocycles. The molecule has 0 saturated carbocycles. The molecule has 1 unspecified atom stereocenters. The summed E-state index contributed by atoms with van der Waals surface area (Å²) in [4.78, 5) is 11.4. The molecular weight excluding hydrogens is 204 g/mol. The molecule has 1 aliphatic rings. The van der Waals surface area contributed by atoms with Crippen molar-refractivity contribution in [1.82, 2.24) is 0 Å². The van der Waals surface area contributed by atoms with Gasteiger partial charge in [-0.3, -0.25) is 4.79 Å². The van der Waals surface area contributed by atoms with Crippen molar-refractivity contribution in [2.45, 2.75) is 6.42 Å². The van der Waals surface area contributed by atoms with Gasteiger partial charge in [-0.05, 0) is 6.42 Å². The van der Waals surface area contributed by atoms with Crippen molar-refractivity contribution >= 4 is 15.6 Å². The third-order valence-electron chi connectivity index (χ3n) is 2.18. The van der Waals surface area contributed by atoms with Gasteiger partial charge < -0.3 is 0 Å². The lowest BCUT2D eigenvalue weighted by molar-refractivity contribution is -0.123. The summed E-state index contributed by atoms with van der Waals surface area (Å²) in [7, 11) is -3.13. The first kappa shape index (κ1) is 10.7. The van der Waals surface area contributed by atoms with Crippen LogP contribution in [0.3, 0.4) is 0 Å². The molecule has 0 N–H and O–H groups in total. The van der Waals surface area contributed by atoms with Gasteiger partial charge in [-0.1, -0.05) is 0 Å². The lowest BCUT2D eigenvalue weighted by Crippen LogP contribution is -2.22. The van der Waals surface area contributed by atoms with Crippen LogP contribution in [-0.2, 0) is 14.6 Å². The van der Waals surface area contributed by atoms with E-state index in [2.05, 4.69) is 0 Å². The highest BCUT2D eigenvalue weighted by atomic mass is 32.2. The SMILES string of the molecule is N#CC(C#N)C(=O)C1CCS(=O)(=O)C1. The van der Waals surface area contributed by atoms with Crippen LogP contribution in [0.2, 0.25) is 0 Å². The number of nitriles is 2. The summed E-state index contributed by atoms with van der Waals surface area (Å²) in [5, 5.41) is 16.9. The van der Waals surface area contributed by atoms with Gasteiger partial charge in [0, 0.05) is 5.92 Å². The molecule has 0 radical (unpaired) electrons. The van der Waals surface area contributed by atoms with Crippen molar-refractivity contribution in [1.29, 1.82) is 10.5 Å². The predicted molar refractivity (Wildman–Crippen MR) is 46.5 cm³/mol. The Labute approximate surface area is 81.9 Å². The largest absolute Gasteiger partial charge is 0.297 e. The minimum Gasteiger partial charge on any atom is -0.297 e. The van der Waals surface area contributed by atoms with E-state index in [1.165, 1.54) is 0 Å². The summed E-state index contributed by atoms with van der Waals surface area (Å²) in [6.07, 6.45) is 0.237. The van der Waals surface area contributed by atoms with Gasteiger partial charge in [0.2, 0.25) is 0 Å². The van der Waals surface area contributed by atoms with Crippen LogP contribution in [0.4, 0.5) is 0 Å². The zero-order valence-corrected chi connectivity index (χ0v) is 8.12. The van der Waals surface area contributed by atoms with Crippen molar-refractivity contribution < 1.29 is 13.2 Å². The van der Waals surface area contributed by atoms with E-state index in [0.717, 1.165) is 0 Å². The van der Waals surface area contributed by atoms with Gasteiger partial charge in [0.25, 0.3) is 0 Å². The number of sulfone groups is 1. The maximum Gasteiger partial charge on any atom is 0.191 e. The third-order valence-corrected chi connectivity index (χ3v) is 3.95. The Morgan fingerprint density at radius 1 is 1.36 bits per heavy atom. The molecule has 74 valence electrons. The minimum atomic E-state index is -3.13. The lowest BCUT2D eigenvalue weighted by Gasteiger charge is -2.04. The molecule has 0 bridgehead atoms. The third kappa shape index (κ3) is 2.09. The average Bonchev–Trinajstić information content (AvgIpc) is 2.48. The first-order chi connectivity index (χ1) is 6.50. The first-order valence-corrected chi connectivity index (χ1v) is 5.85. The van der Waals surface area contributed by atoms with E-state index in [0.29, 0.717) is 0 Å². The molecule has 1 atom stereocenters. The maximum atomic E-state index is 11.4. The smallest absolute Gasteiger partial charge is 0.191 e. The van der Waals surface area contributed by atoms with E-state index >= 15 is 0 Å². The van der Waals surface area contributed by atoms with Crippen LogP contribution in [-0.4, -0.2) is 25.7 Å². The summed E-state index contributed by atoms with van der Waals surface area (Å²) >= 11 is 0. The van der Waals surface area contributed by atoms with E-state index in [1.807, 2.05) is 0 Å². The second-order valence-corrected chi connectivity index (χ2v) is 5.42. The van der Waals surface area contributed by atoms with Crippen molar-refractivity contribution in [2.24, 2.45) is 11.8 Å². The Bertz CT molecular complexity index is 412. The standard InChI is InChI=1S/C8H8N2O3S/c9-3-7(4-10)8(11)6-1-2-14(12,13)5-6/h6-7H,1-2,5H2. The number of Topliss-reactive ketones (excluding diaryl/α,β-unsaturated/α-hetero) is 1. The van der Waals surface area contributed by atoms with Crippen molar-refractivity contribution in [2.75, 3.05) is 11.5 Å². The first-order valence-electron chi connectivity index (χ1n) is 4.03. The van der Waals surface area contributed by atoms with Gasteiger partial charge in [-0.2, -0.15) is 10.5 Å². The Hall–Kier alpha value is -1.40. The highest BCUT2D eigenvalue weighted by Crippen LogP contribution is 2.21. The molecule has 0 aromatic carbocycles. The summed E-state index contributed by atoms with van der Waals surface area (Å²) < 4.78 is 22.1.